The summed E-state index contributed by atoms with van der Waals surface area (Å²) in [5, 5.41) is 0. The van der Waals surface area contributed by atoms with Gasteiger partial charge in [0.25, 0.3) is 0 Å². The minimum atomic E-state index is -0.216. The second kappa shape index (κ2) is 7.05. The highest BCUT2D eigenvalue weighted by molar-refractivity contribution is 9.10. The van der Waals surface area contributed by atoms with Crippen molar-refractivity contribution in [2.24, 2.45) is 5.73 Å². The van der Waals surface area contributed by atoms with Crippen LogP contribution in [0.4, 0.5) is 10.1 Å². The largest absolute Gasteiger partial charge is 0.361 e. The number of halogens is 2. The fourth-order valence-corrected chi connectivity index (χ4v) is 2.81. The van der Waals surface area contributed by atoms with Crippen molar-refractivity contribution >= 4 is 21.6 Å². The number of nitrogens with zero attached hydrogens (tertiary/aromatic N) is 1. The topological polar surface area (TPSA) is 29.3 Å². The average molecular weight is 351 g/mol. The van der Waals surface area contributed by atoms with E-state index < -0.39 is 0 Å². The molecular weight excluding hydrogens is 331 g/mol. The first kappa shape index (κ1) is 16.0. The monoisotopic (exact) mass is 350 g/mol. The van der Waals surface area contributed by atoms with Gasteiger partial charge in [0.1, 0.15) is 5.82 Å². The first-order valence-corrected chi connectivity index (χ1v) is 7.85. The van der Waals surface area contributed by atoms with Crippen LogP contribution in [0.2, 0.25) is 0 Å². The maximum absolute atomic E-state index is 14.1. The predicted octanol–water partition coefficient (Wildman–Crippen LogP) is 4.42. The molecule has 2 aromatic carbocycles. The molecule has 0 aliphatic carbocycles. The molecule has 2 N–H and O–H groups in total. The highest BCUT2D eigenvalue weighted by Gasteiger charge is 2.21. The normalized spacial score (nSPS) is 12.2. The highest BCUT2D eigenvalue weighted by Crippen LogP contribution is 2.30. The molecule has 112 valence electrons. The number of aryl methyl sites for hydroxylation is 1. The molecule has 0 heterocycles. The van der Waals surface area contributed by atoms with Gasteiger partial charge in [-0.25, -0.2) is 4.39 Å². The quantitative estimate of drug-likeness (QED) is 0.864. The molecule has 1 unspecified atom stereocenters. The number of para-hydroxylation sites is 1. The molecule has 21 heavy (non-hydrogen) atoms. The smallest absolute Gasteiger partial charge is 0.146 e. The summed E-state index contributed by atoms with van der Waals surface area (Å²) in [6, 6.07) is 12.9. The van der Waals surface area contributed by atoms with E-state index in [4.69, 9.17) is 5.73 Å². The van der Waals surface area contributed by atoms with Crippen LogP contribution in [0.25, 0.3) is 0 Å². The third-order valence-corrected chi connectivity index (χ3v) is 4.56. The van der Waals surface area contributed by atoms with Gasteiger partial charge < -0.3 is 10.6 Å². The Morgan fingerprint density at radius 3 is 2.52 bits per heavy atom. The van der Waals surface area contributed by atoms with Crippen LogP contribution in [0, 0.1) is 12.7 Å². The van der Waals surface area contributed by atoms with Crippen LogP contribution in [0.1, 0.15) is 24.1 Å². The van der Waals surface area contributed by atoms with Gasteiger partial charge >= 0.3 is 0 Å². The lowest BCUT2D eigenvalue weighted by Crippen LogP contribution is -2.34. The summed E-state index contributed by atoms with van der Waals surface area (Å²) >= 11 is 3.51. The minimum Gasteiger partial charge on any atom is -0.361 e. The Morgan fingerprint density at radius 2 is 1.95 bits per heavy atom. The number of anilines is 1. The van der Waals surface area contributed by atoms with Crippen molar-refractivity contribution in [3.05, 3.63) is 63.9 Å². The first-order chi connectivity index (χ1) is 10.1. The SMILES string of the molecule is CCN(c1ccccc1F)C(CN)c1ccc(Br)c(C)c1. The molecule has 0 radical (unpaired) electrons. The molecule has 0 aliphatic heterocycles. The van der Waals surface area contributed by atoms with Crippen molar-refractivity contribution in [2.45, 2.75) is 19.9 Å². The third kappa shape index (κ3) is 3.44. The van der Waals surface area contributed by atoms with E-state index >= 15 is 0 Å². The average Bonchev–Trinajstić information content (AvgIpc) is 2.49. The van der Waals surface area contributed by atoms with E-state index in [1.54, 1.807) is 12.1 Å². The molecule has 2 nitrogen and oxygen atoms in total. The van der Waals surface area contributed by atoms with Crippen LogP contribution in [-0.4, -0.2) is 13.1 Å². The summed E-state index contributed by atoms with van der Waals surface area (Å²) < 4.78 is 15.2. The predicted molar refractivity (Wildman–Crippen MR) is 90.1 cm³/mol. The maximum atomic E-state index is 14.1. The Kier molecular flexibility index (Phi) is 5.37. The second-order valence-corrected chi connectivity index (χ2v) is 5.85. The zero-order chi connectivity index (χ0) is 15.4. The third-order valence-electron chi connectivity index (χ3n) is 3.67. The van der Waals surface area contributed by atoms with Crippen LogP contribution >= 0.6 is 15.9 Å². The second-order valence-electron chi connectivity index (χ2n) is 5.00. The molecule has 0 saturated carbocycles. The van der Waals surface area contributed by atoms with Gasteiger partial charge in [0, 0.05) is 17.6 Å². The van der Waals surface area contributed by atoms with E-state index in [1.165, 1.54) is 6.07 Å². The molecule has 2 rings (SSSR count). The Bertz CT molecular complexity index is 615. The molecule has 0 aromatic heterocycles. The first-order valence-electron chi connectivity index (χ1n) is 7.05. The number of rotatable bonds is 5. The molecular formula is C17H20BrFN2. The summed E-state index contributed by atoms with van der Waals surface area (Å²) in [4.78, 5) is 2.01. The van der Waals surface area contributed by atoms with Crippen LogP contribution in [0.5, 0.6) is 0 Å². The van der Waals surface area contributed by atoms with Gasteiger partial charge in [0.15, 0.2) is 0 Å². The molecule has 0 bridgehead atoms. The molecule has 0 spiro atoms. The van der Waals surface area contributed by atoms with Crippen molar-refractivity contribution in [1.82, 2.24) is 0 Å². The fourth-order valence-electron chi connectivity index (χ4n) is 2.56. The van der Waals surface area contributed by atoms with Crippen molar-refractivity contribution < 1.29 is 4.39 Å². The Balaban J connectivity index is 2.42. The number of likely N-dealkylation sites (N-methyl/N-ethyl adjacent to an activating group) is 1. The van der Waals surface area contributed by atoms with Gasteiger partial charge in [-0.3, -0.25) is 0 Å². The van der Waals surface area contributed by atoms with E-state index in [1.807, 2.05) is 36.9 Å². The molecule has 0 amide bonds. The van der Waals surface area contributed by atoms with Crippen LogP contribution < -0.4 is 10.6 Å². The minimum absolute atomic E-state index is 0.0429. The van der Waals surface area contributed by atoms with E-state index in [-0.39, 0.29) is 11.9 Å². The van der Waals surface area contributed by atoms with Crippen molar-refractivity contribution in [1.29, 1.82) is 0 Å². The molecule has 0 fully saturated rings. The van der Waals surface area contributed by atoms with Gasteiger partial charge in [-0.2, -0.15) is 0 Å². The number of benzene rings is 2. The molecule has 4 heteroatoms. The molecule has 2 aromatic rings. The number of hydrogen-bond donors (Lipinski definition) is 1. The molecule has 0 saturated heterocycles. The van der Waals surface area contributed by atoms with Crippen LogP contribution in [-0.2, 0) is 0 Å². The highest BCUT2D eigenvalue weighted by atomic mass is 79.9. The fraction of sp³-hybridized carbons (Fsp3) is 0.294. The lowest BCUT2D eigenvalue weighted by Gasteiger charge is -2.33. The zero-order valence-electron chi connectivity index (χ0n) is 12.3. The summed E-state index contributed by atoms with van der Waals surface area (Å²) in [7, 11) is 0. The standard InChI is InChI=1S/C17H20BrFN2/c1-3-21(16-7-5-4-6-15(16)19)17(11-20)13-8-9-14(18)12(2)10-13/h4-10,17H,3,11,20H2,1-2H3. The lowest BCUT2D eigenvalue weighted by atomic mass is 10.0. The Morgan fingerprint density at radius 1 is 1.24 bits per heavy atom. The Hall–Kier alpha value is -1.39. The zero-order valence-corrected chi connectivity index (χ0v) is 13.9. The summed E-state index contributed by atoms with van der Waals surface area (Å²) in [6.07, 6.45) is 0. The lowest BCUT2D eigenvalue weighted by molar-refractivity contribution is 0.588. The van der Waals surface area contributed by atoms with Gasteiger partial charge in [0.2, 0.25) is 0 Å². The van der Waals surface area contributed by atoms with E-state index in [0.717, 1.165) is 15.6 Å². The Labute approximate surface area is 133 Å². The number of nitrogens with two attached hydrogens (primary N) is 1. The molecule has 0 aliphatic rings. The van der Waals surface area contributed by atoms with Gasteiger partial charge in [-0.1, -0.05) is 40.2 Å². The summed E-state index contributed by atoms with van der Waals surface area (Å²) in [5.41, 5.74) is 8.82. The van der Waals surface area contributed by atoms with E-state index in [2.05, 4.69) is 22.0 Å². The van der Waals surface area contributed by atoms with E-state index in [0.29, 0.717) is 18.8 Å². The van der Waals surface area contributed by atoms with Crippen LogP contribution in [0.15, 0.2) is 46.9 Å². The van der Waals surface area contributed by atoms with Gasteiger partial charge in [0.05, 0.1) is 11.7 Å². The molecule has 1 atom stereocenters. The number of hydrogen-bond acceptors (Lipinski definition) is 2. The maximum Gasteiger partial charge on any atom is 0.146 e. The summed E-state index contributed by atoms with van der Waals surface area (Å²) in [5.74, 6) is -0.216. The summed E-state index contributed by atoms with van der Waals surface area (Å²) in [6.45, 7) is 5.18. The van der Waals surface area contributed by atoms with E-state index in [9.17, 15) is 4.39 Å². The van der Waals surface area contributed by atoms with Crippen molar-refractivity contribution in [3.63, 3.8) is 0 Å². The van der Waals surface area contributed by atoms with Gasteiger partial charge in [-0.05, 0) is 43.2 Å². The van der Waals surface area contributed by atoms with Crippen molar-refractivity contribution in [3.8, 4) is 0 Å². The van der Waals surface area contributed by atoms with Gasteiger partial charge in [-0.15, -0.1) is 0 Å². The van der Waals surface area contributed by atoms with Crippen molar-refractivity contribution in [2.75, 3.05) is 18.0 Å². The van der Waals surface area contributed by atoms with Crippen LogP contribution in [0.3, 0.4) is 0 Å².